The average molecular weight is 301 g/mol. The molecule has 1 aromatic carbocycles. The highest BCUT2D eigenvalue weighted by atomic mass is 35.5. The lowest BCUT2D eigenvalue weighted by Gasteiger charge is -2.00. The predicted molar refractivity (Wildman–Crippen MR) is 76.9 cm³/mol. The van der Waals surface area contributed by atoms with Gasteiger partial charge in [0, 0.05) is 28.5 Å². The van der Waals surface area contributed by atoms with Gasteiger partial charge in [0.2, 0.25) is 5.89 Å². The van der Waals surface area contributed by atoms with Gasteiger partial charge in [0.1, 0.15) is 0 Å². The number of nitrogens with one attached hydrogen (secondary N) is 1. The molecule has 0 aliphatic heterocycles. The summed E-state index contributed by atoms with van der Waals surface area (Å²) in [5, 5.41) is 10.7. The third-order valence-electron chi connectivity index (χ3n) is 2.68. The third-order valence-corrected chi connectivity index (χ3v) is 2.93. The molecule has 0 spiro atoms. The van der Waals surface area contributed by atoms with E-state index >= 15 is 0 Å². The smallest absolute Gasteiger partial charge is 0.322 e. The second kappa shape index (κ2) is 5.72. The van der Waals surface area contributed by atoms with Crippen LogP contribution in [-0.4, -0.2) is 21.1 Å². The number of hydrogen-bond donors (Lipinski definition) is 1. The van der Waals surface area contributed by atoms with Gasteiger partial charge < -0.3 is 4.42 Å². The molecule has 0 aliphatic carbocycles. The largest absolute Gasteiger partial charge is 0.403 e. The van der Waals surface area contributed by atoms with Crippen molar-refractivity contribution >= 4 is 23.5 Å². The zero-order valence-corrected chi connectivity index (χ0v) is 11.4. The molecule has 6 nitrogen and oxygen atoms in total. The first-order valence-electron chi connectivity index (χ1n) is 6.03. The molecule has 7 heteroatoms. The highest BCUT2D eigenvalue weighted by Crippen LogP contribution is 2.19. The average Bonchev–Trinajstić information content (AvgIpc) is 2.97. The van der Waals surface area contributed by atoms with Crippen molar-refractivity contribution in [3.63, 3.8) is 0 Å². The zero-order chi connectivity index (χ0) is 14.7. The van der Waals surface area contributed by atoms with E-state index in [0.29, 0.717) is 16.5 Å². The number of benzene rings is 1. The van der Waals surface area contributed by atoms with Gasteiger partial charge in [0.05, 0.1) is 0 Å². The van der Waals surface area contributed by atoms with E-state index in [0.717, 1.165) is 5.56 Å². The number of carbonyl (C=O) groups is 1. The van der Waals surface area contributed by atoms with Crippen LogP contribution in [0.3, 0.4) is 0 Å². The van der Waals surface area contributed by atoms with Gasteiger partial charge in [-0.25, -0.2) is 0 Å². The Morgan fingerprint density at radius 1 is 1.05 bits per heavy atom. The van der Waals surface area contributed by atoms with Crippen molar-refractivity contribution < 1.29 is 9.21 Å². The molecule has 0 atom stereocenters. The molecule has 0 aliphatic rings. The normalized spacial score (nSPS) is 10.3. The number of nitrogens with zero attached hydrogens (tertiary/aromatic N) is 3. The van der Waals surface area contributed by atoms with Crippen LogP contribution in [0.25, 0.3) is 11.5 Å². The van der Waals surface area contributed by atoms with E-state index in [2.05, 4.69) is 20.5 Å². The van der Waals surface area contributed by atoms with Gasteiger partial charge in [-0.3, -0.25) is 15.1 Å². The molecule has 3 rings (SSSR count). The molecule has 2 heterocycles. The summed E-state index contributed by atoms with van der Waals surface area (Å²) in [6.45, 7) is 0. The van der Waals surface area contributed by atoms with Gasteiger partial charge >= 0.3 is 6.01 Å². The molecular formula is C14H9ClN4O2. The number of anilines is 1. The van der Waals surface area contributed by atoms with Gasteiger partial charge in [-0.2, -0.15) is 0 Å². The molecular weight excluding hydrogens is 292 g/mol. The summed E-state index contributed by atoms with van der Waals surface area (Å²) in [5.41, 5.74) is 1.17. The van der Waals surface area contributed by atoms with Crippen molar-refractivity contribution in [2.45, 2.75) is 0 Å². The van der Waals surface area contributed by atoms with Crippen LogP contribution < -0.4 is 5.32 Å². The molecule has 0 fully saturated rings. The topological polar surface area (TPSA) is 80.9 Å². The lowest BCUT2D eigenvalue weighted by atomic mass is 10.2. The molecule has 0 saturated carbocycles. The first kappa shape index (κ1) is 13.3. The minimum absolute atomic E-state index is 0.0294. The van der Waals surface area contributed by atoms with Crippen molar-refractivity contribution in [3.05, 3.63) is 59.4 Å². The van der Waals surface area contributed by atoms with E-state index < -0.39 is 0 Å². The Kier molecular flexibility index (Phi) is 3.61. The van der Waals surface area contributed by atoms with Gasteiger partial charge in [-0.15, -0.1) is 5.10 Å². The van der Waals surface area contributed by atoms with Crippen LogP contribution in [0.5, 0.6) is 0 Å². The number of amides is 1. The zero-order valence-electron chi connectivity index (χ0n) is 10.7. The van der Waals surface area contributed by atoms with Crippen molar-refractivity contribution in [2.75, 3.05) is 5.32 Å². The minimum Gasteiger partial charge on any atom is -0.403 e. The monoisotopic (exact) mass is 300 g/mol. The third kappa shape index (κ3) is 3.06. The second-order valence-electron chi connectivity index (χ2n) is 4.11. The van der Waals surface area contributed by atoms with Gasteiger partial charge in [0.15, 0.2) is 0 Å². The SMILES string of the molecule is O=C(Nc1nnc(-c2ccncc2)o1)c1ccc(Cl)cc1. The lowest BCUT2D eigenvalue weighted by Crippen LogP contribution is -2.11. The second-order valence-corrected chi connectivity index (χ2v) is 4.55. The number of carbonyl (C=O) groups excluding carboxylic acids is 1. The van der Waals surface area contributed by atoms with Crippen LogP contribution in [0.2, 0.25) is 5.02 Å². The first-order valence-corrected chi connectivity index (χ1v) is 6.41. The molecule has 2 aromatic heterocycles. The summed E-state index contributed by atoms with van der Waals surface area (Å²) in [7, 11) is 0. The minimum atomic E-state index is -0.350. The Morgan fingerprint density at radius 2 is 1.76 bits per heavy atom. The van der Waals surface area contributed by atoms with Crippen molar-refractivity contribution in [1.82, 2.24) is 15.2 Å². The maximum atomic E-state index is 12.0. The summed E-state index contributed by atoms with van der Waals surface area (Å²) in [5.74, 6) is -0.0413. The van der Waals surface area contributed by atoms with Crippen LogP contribution in [0.4, 0.5) is 6.01 Å². The van der Waals surface area contributed by atoms with Gasteiger partial charge in [-0.1, -0.05) is 16.7 Å². The molecule has 0 bridgehead atoms. The van der Waals surface area contributed by atoms with Crippen molar-refractivity contribution in [3.8, 4) is 11.5 Å². The van der Waals surface area contributed by atoms with E-state index in [9.17, 15) is 4.79 Å². The number of aromatic nitrogens is 3. The standard InChI is InChI=1S/C14H9ClN4O2/c15-11-3-1-9(2-4-11)12(20)17-14-19-18-13(21-14)10-5-7-16-8-6-10/h1-8H,(H,17,19,20). The summed E-state index contributed by atoms with van der Waals surface area (Å²) >= 11 is 5.77. The maximum absolute atomic E-state index is 12.0. The lowest BCUT2D eigenvalue weighted by molar-refractivity contribution is 0.102. The Labute approximate surface area is 124 Å². The quantitative estimate of drug-likeness (QED) is 0.804. The van der Waals surface area contributed by atoms with Crippen molar-refractivity contribution in [1.29, 1.82) is 0 Å². The van der Waals surface area contributed by atoms with E-state index in [1.807, 2.05) is 0 Å². The fraction of sp³-hybridized carbons (Fsp3) is 0. The molecule has 1 amide bonds. The van der Waals surface area contributed by atoms with E-state index in [4.69, 9.17) is 16.0 Å². The number of rotatable bonds is 3. The fourth-order valence-corrected chi connectivity index (χ4v) is 1.78. The van der Waals surface area contributed by atoms with E-state index in [-0.39, 0.29) is 11.9 Å². The summed E-state index contributed by atoms with van der Waals surface area (Å²) in [6, 6.07) is 9.98. The highest BCUT2D eigenvalue weighted by Gasteiger charge is 2.12. The van der Waals surface area contributed by atoms with Crippen LogP contribution in [0, 0.1) is 0 Å². The fourth-order valence-electron chi connectivity index (χ4n) is 1.66. The first-order chi connectivity index (χ1) is 10.2. The summed E-state index contributed by atoms with van der Waals surface area (Å²) in [6.07, 6.45) is 3.23. The Bertz CT molecular complexity index is 756. The molecule has 3 aromatic rings. The predicted octanol–water partition coefficient (Wildman–Crippen LogP) is 3.04. The number of hydrogen-bond acceptors (Lipinski definition) is 5. The molecule has 0 unspecified atom stereocenters. The Balaban J connectivity index is 1.75. The molecule has 21 heavy (non-hydrogen) atoms. The van der Waals surface area contributed by atoms with Gasteiger partial charge in [0.25, 0.3) is 5.91 Å². The van der Waals surface area contributed by atoms with Crippen LogP contribution in [0.15, 0.2) is 53.2 Å². The van der Waals surface area contributed by atoms with Gasteiger partial charge in [-0.05, 0) is 36.4 Å². The molecule has 0 saturated heterocycles. The molecule has 0 radical (unpaired) electrons. The van der Waals surface area contributed by atoms with E-state index in [1.54, 1.807) is 48.8 Å². The van der Waals surface area contributed by atoms with Crippen LogP contribution in [0.1, 0.15) is 10.4 Å². The Morgan fingerprint density at radius 3 is 2.48 bits per heavy atom. The molecule has 104 valence electrons. The Hall–Kier alpha value is -2.73. The summed E-state index contributed by atoms with van der Waals surface area (Å²) in [4.78, 5) is 15.9. The maximum Gasteiger partial charge on any atom is 0.322 e. The molecule has 1 N–H and O–H groups in total. The number of pyridine rings is 1. The number of halogens is 1. The summed E-state index contributed by atoms with van der Waals surface area (Å²) < 4.78 is 5.38. The van der Waals surface area contributed by atoms with Crippen LogP contribution in [-0.2, 0) is 0 Å². The highest BCUT2D eigenvalue weighted by molar-refractivity contribution is 6.30. The van der Waals surface area contributed by atoms with Crippen LogP contribution >= 0.6 is 11.6 Å². The van der Waals surface area contributed by atoms with E-state index in [1.165, 1.54) is 0 Å². The van der Waals surface area contributed by atoms with Crippen molar-refractivity contribution in [2.24, 2.45) is 0 Å².